The Balaban J connectivity index is 1.67. The number of nitrogens with zero attached hydrogens (tertiary/aromatic N) is 3. The first-order valence-electron chi connectivity index (χ1n) is 5.98. The number of nitriles is 1. The third-order valence-electron chi connectivity index (χ3n) is 2.29. The molecule has 0 fully saturated rings. The molecule has 0 saturated heterocycles. The highest BCUT2D eigenvalue weighted by Gasteiger charge is 2.04. The van der Waals surface area contributed by atoms with Gasteiger partial charge in [0.25, 0.3) is 0 Å². The molecule has 2 aromatic heterocycles. The smallest absolute Gasteiger partial charge is 0.206 e. The topological polar surface area (TPSA) is 61.6 Å². The molecule has 0 aliphatic rings. The van der Waals surface area contributed by atoms with Gasteiger partial charge in [-0.25, -0.2) is 0 Å². The molecule has 1 N–H and O–H groups in total. The summed E-state index contributed by atoms with van der Waals surface area (Å²) in [5, 5.41) is 22.9. The van der Waals surface area contributed by atoms with E-state index in [0.29, 0.717) is 6.42 Å². The highest BCUT2D eigenvalue weighted by atomic mass is 32.2. The van der Waals surface area contributed by atoms with E-state index in [0.717, 1.165) is 34.6 Å². The van der Waals surface area contributed by atoms with Crippen molar-refractivity contribution in [3.05, 3.63) is 22.4 Å². The van der Waals surface area contributed by atoms with E-state index in [1.165, 1.54) is 4.88 Å². The number of anilines is 1. The minimum absolute atomic E-state index is 0.609. The third-order valence-corrected chi connectivity index (χ3v) is 5.33. The van der Waals surface area contributed by atoms with E-state index >= 15 is 0 Å². The SMILES string of the molecule is N#CCCCSc1nnc(NCCc2cccs2)s1. The summed E-state index contributed by atoms with van der Waals surface area (Å²) in [6, 6.07) is 6.36. The zero-order valence-corrected chi connectivity index (χ0v) is 12.8. The van der Waals surface area contributed by atoms with Crippen molar-refractivity contribution < 1.29 is 0 Å². The van der Waals surface area contributed by atoms with Crippen LogP contribution in [0.5, 0.6) is 0 Å². The average Bonchev–Trinajstić information content (AvgIpc) is 3.07. The molecule has 2 aromatic rings. The lowest BCUT2D eigenvalue weighted by Gasteiger charge is -1.99. The van der Waals surface area contributed by atoms with Crippen molar-refractivity contribution in [3.8, 4) is 6.07 Å². The molecule has 2 heterocycles. The summed E-state index contributed by atoms with van der Waals surface area (Å²) in [5.74, 6) is 0.928. The first-order chi connectivity index (χ1) is 9.38. The molecule has 0 bridgehead atoms. The van der Waals surface area contributed by atoms with Gasteiger partial charge in [-0.05, 0) is 24.3 Å². The Bertz CT molecular complexity index is 515. The summed E-state index contributed by atoms with van der Waals surface area (Å²) in [6.45, 7) is 0.883. The lowest BCUT2D eigenvalue weighted by molar-refractivity contribution is 0.964. The molecular formula is C12H14N4S3. The summed E-state index contributed by atoms with van der Waals surface area (Å²) in [4.78, 5) is 1.38. The first-order valence-corrected chi connectivity index (χ1v) is 8.66. The monoisotopic (exact) mass is 310 g/mol. The third kappa shape index (κ3) is 5.19. The number of hydrogen-bond acceptors (Lipinski definition) is 7. The van der Waals surface area contributed by atoms with E-state index < -0.39 is 0 Å². The normalized spacial score (nSPS) is 10.3. The van der Waals surface area contributed by atoms with Crippen molar-refractivity contribution in [3.63, 3.8) is 0 Å². The van der Waals surface area contributed by atoms with Gasteiger partial charge in [-0.15, -0.1) is 21.5 Å². The van der Waals surface area contributed by atoms with Crippen molar-refractivity contribution in [1.29, 1.82) is 5.26 Å². The maximum absolute atomic E-state index is 8.45. The van der Waals surface area contributed by atoms with Crippen LogP contribution in [-0.2, 0) is 6.42 Å². The Morgan fingerprint density at radius 1 is 1.42 bits per heavy atom. The van der Waals surface area contributed by atoms with Crippen LogP contribution >= 0.6 is 34.4 Å². The molecule has 0 spiro atoms. The molecule has 0 saturated carbocycles. The maximum Gasteiger partial charge on any atom is 0.206 e. The van der Waals surface area contributed by atoms with Crippen molar-refractivity contribution in [1.82, 2.24) is 10.2 Å². The molecule has 0 unspecified atom stereocenters. The number of rotatable bonds is 8. The van der Waals surface area contributed by atoms with Gasteiger partial charge in [0.15, 0.2) is 4.34 Å². The standard InChI is InChI=1S/C12H14N4S3/c13-6-1-2-8-18-12-16-15-11(19-12)14-7-5-10-4-3-9-17-10/h3-4,9H,1-2,5,7-8H2,(H,14,15). The van der Waals surface area contributed by atoms with Crippen molar-refractivity contribution in [2.75, 3.05) is 17.6 Å². The van der Waals surface area contributed by atoms with E-state index in [4.69, 9.17) is 5.26 Å². The van der Waals surface area contributed by atoms with Crippen LogP contribution in [0.25, 0.3) is 0 Å². The van der Waals surface area contributed by atoms with Gasteiger partial charge in [0.05, 0.1) is 6.07 Å². The van der Waals surface area contributed by atoms with Crippen molar-refractivity contribution in [2.45, 2.75) is 23.6 Å². The predicted octanol–water partition coefficient (Wildman–Crippen LogP) is 3.65. The Kier molecular flexibility index (Phi) is 6.14. The highest BCUT2D eigenvalue weighted by molar-refractivity contribution is 8.01. The minimum atomic E-state index is 0.609. The summed E-state index contributed by atoms with van der Waals surface area (Å²) in [6.07, 6.45) is 2.53. The zero-order chi connectivity index (χ0) is 13.3. The largest absolute Gasteiger partial charge is 0.360 e. The molecule has 19 heavy (non-hydrogen) atoms. The minimum Gasteiger partial charge on any atom is -0.360 e. The van der Waals surface area contributed by atoms with Crippen LogP contribution in [-0.4, -0.2) is 22.5 Å². The van der Waals surface area contributed by atoms with Crippen LogP contribution in [0.15, 0.2) is 21.9 Å². The van der Waals surface area contributed by atoms with Gasteiger partial charge in [-0.3, -0.25) is 0 Å². The average molecular weight is 310 g/mol. The van der Waals surface area contributed by atoms with Crippen molar-refractivity contribution in [2.24, 2.45) is 0 Å². The molecule has 0 radical (unpaired) electrons. The number of nitrogens with one attached hydrogen (secondary N) is 1. The van der Waals surface area contributed by atoms with Crippen LogP contribution in [0, 0.1) is 11.3 Å². The van der Waals surface area contributed by atoms with E-state index in [1.807, 2.05) is 0 Å². The molecule has 4 nitrogen and oxygen atoms in total. The molecule has 2 rings (SSSR count). The van der Waals surface area contributed by atoms with E-state index in [1.54, 1.807) is 34.4 Å². The predicted molar refractivity (Wildman–Crippen MR) is 82.0 cm³/mol. The summed E-state index contributed by atoms with van der Waals surface area (Å²) in [7, 11) is 0. The van der Waals surface area contributed by atoms with E-state index in [-0.39, 0.29) is 0 Å². The van der Waals surface area contributed by atoms with Gasteiger partial charge < -0.3 is 5.32 Å². The molecule has 0 aliphatic heterocycles. The fourth-order valence-electron chi connectivity index (χ4n) is 1.40. The second-order valence-electron chi connectivity index (χ2n) is 3.74. The van der Waals surface area contributed by atoms with Gasteiger partial charge in [-0.1, -0.05) is 29.2 Å². The van der Waals surface area contributed by atoms with Crippen LogP contribution in [0.2, 0.25) is 0 Å². The van der Waals surface area contributed by atoms with Gasteiger partial charge in [0.2, 0.25) is 5.13 Å². The van der Waals surface area contributed by atoms with Crippen LogP contribution in [0.1, 0.15) is 17.7 Å². The Morgan fingerprint density at radius 3 is 3.16 bits per heavy atom. The Labute approximate surface area is 124 Å². The van der Waals surface area contributed by atoms with Gasteiger partial charge >= 0.3 is 0 Å². The number of thiophene rings is 1. The molecule has 0 aromatic carbocycles. The van der Waals surface area contributed by atoms with Gasteiger partial charge in [-0.2, -0.15) is 5.26 Å². The zero-order valence-electron chi connectivity index (χ0n) is 10.3. The molecule has 0 aliphatic carbocycles. The summed E-state index contributed by atoms with van der Waals surface area (Å²) in [5.41, 5.74) is 0. The van der Waals surface area contributed by atoms with Crippen molar-refractivity contribution >= 4 is 39.6 Å². The molecular weight excluding hydrogens is 296 g/mol. The summed E-state index contributed by atoms with van der Waals surface area (Å²) >= 11 is 5.02. The van der Waals surface area contributed by atoms with Gasteiger partial charge in [0, 0.05) is 23.6 Å². The lowest BCUT2D eigenvalue weighted by Crippen LogP contribution is -2.03. The quantitative estimate of drug-likeness (QED) is 0.595. The molecule has 0 amide bonds. The fraction of sp³-hybridized carbons (Fsp3) is 0.417. The molecule has 7 heteroatoms. The second kappa shape index (κ2) is 8.15. The van der Waals surface area contributed by atoms with Crippen LogP contribution < -0.4 is 5.32 Å². The number of hydrogen-bond donors (Lipinski definition) is 1. The number of thioether (sulfide) groups is 1. The summed E-state index contributed by atoms with van der Waals surface area (Å²) < 4.78 is 0.969. The maximum atomic E-state index is 8.45. The van der Waals surface area contributed by atoms with Crippen LogP contribution in [0.3, 0.4) is 0 Å². The highest BCUT2D eigenvalue weighted by Crippen LogP contribution is 2.26. The van der Waals surface area contributed by atoms with Gasteiger partial charge in [0.1, 0.15) is 0 Å². The Morgan fingerprint density at radius 2 is 2.37 bits per heavy atom. The number of unbranched alkanes of at least 4 members (excludes halogenated alkanes) is 1. The Hall–Kier alpha value is -1.10. The second-order valence-corrected chi connectivity index (χ2v) is 7.09. The van der Waals surface area contributed by atoms with E-state index in [2.05, 4.69) is 39.1 Å². The number of aromatic nitrogens is 2. The lowest BCUT2D eigenvalue weighted by atomic mass is 10.3. The molecule has 0 atom stereocenters. The van der Waals surface area contributed by atoms with E-state index in [9.17, 15) is 0 Å². The molecule has 100 valence electrons. The first kappa shape index (κ1) is 14.3. The fourth-order valence-corrected chi connectivity index (χ4v) is 3.89. The van der Waals surface area contributed by atoms with Crippen LogP contribution in [0.4, 0.5) is 5.13 Å².